The number of nitrogens with one attached hydrogen (secondary N) is 1. The average Bonchev–Trinajstić information content (AvgIpc) is 2.59. The van der Waals surface area contributed by atoms with Gasteiger partial charge in [0.05, 0.1) is 0 Å². The van der Waals surface area contributed by atoms with Gasteiger partial charge in [0.1, 0.15) is 5.82 Å². The molecule has 0 aliphatic rings. The minimum absolute atomic E-state index is 0.288. The van der Waals surface area contributed by atoms with Crippen LogP contribution < -0.4 is 5.32 Å². The quantitative estimate of drug-likeness (QED) is 0.795. The van der Waals surface area contributed by atoms with Gasteiger partial charge in [0.2, 0.25) is 0 Å². The van der Waals surface area contributed by atoms with Crippen LogP contribution in [0.1, 0.15) is 18.8 Å². The Labute approximate surface area is 95.8 Å². The highest BCUT2D eigenvalue weighted by atomic mass is 19.4. The smallest absolute Gasteiger partial charge is 0.336 e. The molecular weight excluding hydrogens is 235 g/mol. The highest BCUT2D eigenvalue weighted by Crippen LogP contribution is 2.31. The molecule has 1 aromatic rings. The van der Waals surface area contributed by atoms with Crippen molar-refractivity contribution in [3.05, 3.63) is 18.2 Å². The van der Waals surface area contributed by atoms with Crippen molar-refractivity contribution in [3.8, 4) is 11.8 Å². The lowest BCUT2D eigenvalue weighted by Crippen LogP contribution is -2.39. The van der Waals surface area contributed by atoms with Crippen LogP contribution in [0.15, 0.2) is 12.4 Å². The number of amides is 1. The zero-order valence-electron chi connectivity index (χ0n) is 9.17. The molecule has 1 heterocycles. The van der Waals surface area contributed by atoms with Crippen LogP contribution in [0, 0.1) is 11.8 Å². The summed E-state index contributed by atoms with van der Waals surface area (Å²) >= 11 is 0. The van der Waals surface area contributed by atoms with E-state index in [4.69, 9.17) is 0 Å². The Morgan fingerprint density at radius 3 is 2.65 bits per heavy atom. The number of nitrogens with zero attached hydrogens (tertiary/aromatic N) is 2. The van der Waals surface area contributed by atoms with Gasteiger partial charge in [0, 0.05) is 19.4 Å². The fourth-order valence-corrected chi connectivity index (χ4v) is 1.23. The topological polar surface area (TPSA) is 46.9 Å². The SMILES string of the molecule is CC#CC(=O)NC(c1nccn1C)C(F)(F)F. The van der Waals surface area contributed by atoms with Gasteiger partial charge in [0.25, 0.3) is 5.91 Å². The lowest BCUT2D eigenvalue weighted by Gasteiger charge is -2.19. The van der Waals surface area contributed by atoms with Gasteiger partial charge in [-0.25, -0.2) is 4.98 Å². The molecule has 0 saturated carbocycles. The molecule has 1 amide bonds. The molecule has 0 fully saturated rings. The molecule has 17 heavy (non-hydrogen) atoms. The number of imidazole rings is 1. The van der Waals surface area contributed by atoms with E-state index >= 15 is 0 Å². The Hall–Kier alpha value is -1.97. The van der Waals surface area contributed by atoms with Crippen molar-refractivity contribution >= 4 is 5.91 Å². The van der Waals surface area contributed by atoms with E-state index in [0.717, 1.165) is 0 Å². The number of rotatable bonds is 2. The third-order valence-corrected chi connectivity index (χ3v) is 1.96. The molecule has 7 heteroatoms. The summed E-state index contributed by atoms with van der Waals surface area (Å²) in [4.78, 5) is 14.7. The lowest BCUT2D eigenvalue weighted by atomic mass is 10.2. The van der Waals surface area contributed by atoms with Crippen LogP contribution in [0.25, 0.3) is 0 Å². The summed E-state index contributed by atoms with van der Waals surface area (Å²) in [5, 5.41) is 1.78. The van der Waals surface area contributed by atoms with Crippen LogP contribution in [-0.2, 0) is 11.8 Å². The maximum absolute atomic E-state index is 12.7. The van der Waals surface area contributed by atoms with Crippen molar-refractivity contribution in [1.82, 2.24) is 14.9 Å². The number of hydrogen-bond acceptors (Lipinski definition) is 2. The van der Waals surface area contributed by atoms with Crippen LogP contribution in [-0.4, -0.2) is 21.6 Å². The van der Waals surface area contributed by atoms with Gasteiger partial charge in [-0.05, 0) is 12.8 Å². The first-order valence-electron chi connectivity index (χ1n) is 4.63. The highest BCUT2D eigenvalue weighted by molar-refractivity contribution is 5.93. The second-order valence-electron chi connectivity index (χ2n) is 3.22. The Balaban J connectivity index is 3.01. The van der Waals surface area contributed by atoms with Gasteiger partial charge >= 0.3 is 6.18 Å². The highest BCUT2D eigenvalue weighted by Gasteiger charge is 2.44. The largest absolute Gasteiger partial charge is 0.415 e. The minimum atomic E-state index is -4.62. The Morgan fingerprint density at radius 2 is 2.24 bits per heavy atom. The molecule has 1 atom stereocenters. The first-order valence-corrected chi connectivity index (χ1v) is 4.63. The summed E-state index contributed by atoms with van der Waals surface area (Å²) in [5.41, 5.74) is 0. The van der Waals surface area contributed by atoms with E-state index in [-0.39, 0.29) is 5.82 Å². The molecule has 0 spiro atoms. The van der Waals surface area contributed by atoms with E-state index in [1.165, 1.54) is 30.9 Å². The standard InChI is InChI=1S/C10H10F3N3O/c1-3-4-7(17)15-8(10(11,12)13)9-14-5-6-16(9)2/h5-6,8H,1-2H3,(H,15,17). The molecule has 4 nitrogen and oxygen atoms in total. The summed E-state index contributed by atoms with van der Waals surface area (Å²) in [6, 6.07) is -2.16. The summed E-state index contributed by atoms with van der Waals surface area (Å²) < 4.78 is 39.4. The fraction of sp³-hybridized carbons (Fsp3) is 0.400. The number of aromatic nitrogens is 2. The third-order valence-electron chi connectivity index (χ3n) is 1.96. The number of carbonyl (C=O) groups is 1. The van der Waals surface area contributed by atoms with Crippen molar-refractivity contribution in [2.45, 2.75) is 19.1 Å². The van der Waals surface area contributed by atoms with Gasteiger partial charge in [0.15, 0.2) is 6.04 Å². The number of halogens is 3. The molecule has 0 saturated heterocycles. The van der Waals surface area contributed by atoms with Gasteiger partial charge in [-0.15, -0.1) is 0 Å². The molecule has 1 aromatic heterocycles. The molecule has 0 bridgehead atoms. The van der Waals surface area contributed by atoms with E-state index in [0.29, 0.717) is 0 Å². The monoisotopic (exact) mass is 245 g/mol. The van der Waals surface area contributed by atoms with Gasteiger partial charge in [-0.1, -0.05) is 5.92 Å². The second-order valence-corrected chi connectivity index (χ2v) is 3.22. The van der Waals surface area contributed by atoms with Crippen molar-refractivity contribution in [2.75, 3.05) is 0 Å². The van der Waals surface area contributed by atoms with Crippen LogP contribution in [0.5, 0.6) is 0 Å². The van der Waals surface area contributed by atoms with Gasteiger partial charge in [-0.3, -0.25) is 4.79 Å². The van der Waals surface area contributed by atoms with Crippen LogP contribution in [0.2, 0.25) is 0 Å². The van der Waals surface area contributed by atoms with E-state index < -0.39 is 18.1 Å². The maximum Gasteiger partial charge on any atom is 0.415 e. The maximum atomic E-state index is 12.7. The van der Waals surface area contributed by atoms with Gasteiger partial charge < -0.3 is 9.88 Å². The molecule has 1 N–H and O–H groups in total. The lowest BCUT2D eigenvalue weighted by molar-refractivity contribution is -0.163. The van der Waals surface area contributed by atoms with E-state index in [1.54, 1.807) is 5.32 Å². The molecular formula is C10H10F3N3O. The number of alkyl halides is 3. The Bertz CT molecular complexity index is 467. The molecule has 1 unspecified atom stereocenters. The van der Waals surface area contributed by atoms with E-state index in [2.05, 4.69) is 10.9 Å². The molecule has 0 aliphatic heterocycles. The van der Waals surface area contributed by atoms with Crippen LogP contribution >= 0.6 is 0 Å². The summed E-state index contributed by atoms with van der Waals surface area (Å²) in [5.74, 6) is 2.94. The first-order chi connectivity index (χ1) is 7.86. The zero-order valence-corrected chi connectivity index (χ0v) is 9.17. The van der Waals surface area contributed by atoms with Crippen LogP contribution in [0.4, 0.5) is 13.2 Å². The minimum Gasteiger partial charge on any atom is -0.336 e. The van der Waals surface area contributed by atoms with E-state index in [9.17, 15) is 18.0 Å². The summed E-state index contributed by atoms with van der Waals surface area (Å²) in [6.07, 6.45) is -2.03. The molecule has 0 aliphatic carbocycles. The molecule has 0 aromatic carbocycles. The number of carbonyl (C=O) groups excluding carboxylic acids is 1. The Kier molecular flexibility index (Phi) is 3.78. The number of hydrogen-bond donors (Lipinski definition) is 1. The predicted molar refractivity (Wildman–Crippen MR) is 53.6 cm³/mol. The zero-order chi connectivity index (χ0) is 13.1. The third kappa shape index (κ3) is 3.24. The number of aryl methyl sites for hydroxylation is 1. The van der Waals surface area contributed by atoms with Crippen molar-refractivity contribution < 1.29 is 18.0 Å². The fourth-order valence-electron chi connectivity index (χ4n) is 1.23. The van der Waals surface area contributed by atoms with Gasteiger partial charge in [-0.2, -0.15) is 13.2 Å². The van der Waals surface area contributed by atoms with Crippen LogP contribution in [0.3, 0.4) is 0 Å². The second kappa shape index (κ2) is 4.91. The van der Waals surface area contributed by atoms with Crippen molar-refractivity contribution in [1.29, 1.82) is 0 Å². The first kappa shape index (κ1) is 13.1. The molecule has 1 rings (SSSR count). The normalized spacial score (nSPS) is 12.5. The van der Waals surface area contributed by atoms with Crippen molar-refractivity contribution in [2.24, 2.45) is 7.05 Å². The summed E-state index contributed by atoms with van der Waals surface area (Å²) in [6.45, 7) is 1.36. The molecule has 92 valence electrons. The Morgan fingerprint density at radius 1 is 1.59 bits per heavy atom. The van der Waals surface area contributed by atoms with Crippen molar-refractivity contribution in [3.63, 3.8) is 0 Å². The predicted octanol–water partition coefficient (Wildman–Crippen LogP) is 1.16. The molecule has 0 radical (unpaired) electrons. The summed E-state index contributed by atoms with van der Waals surface area (Å²) in [7, 11) is 1.42. The van der Waals surface area contributed by atoms with E-state index in [1.807, 2.05) is 5.92 Å². The average molecular weight is 245 g/mol.